The van der Waals surface area contributed by atoms with Crippen molar-refractivity contribution in [1.29, 1.82) is 0 Å². The highest BCUT2D eigenvalue weighted by Crippen LogP contribution is 2.47. The number of phosphoric ester groups is 1. The van der Waals surface area contributed by atoms with Crippen LogP contribution in [0.2, 0.25) is 0 Å². The Morgan fingerprint density at radius 1 is 0.627 bits per heavy atom. The molecule has 0 saturated heterocycles. The monoisotopic (exact) mass is 860 g/mol. The van der Waals surface area contributed by atoms with Crippen LogP contribution in [0.4, 0.5) is 0 Å². The van der Waals surface area contributed by atoms with Crippen molar-refractivity contribution in [2.24, 2.45) is 0 Å². The number of unbranched alkanes of at least 4 members (excludes halogenated alkanes) is 17. The summed E-state index contributed by atoms with van der Waals surface area (Å²) >= 11 is 0. The Bertz CT molecular complexity index is 1200. The quantitative estimate of drug-likeness (QED) is 0.0174. The second-order valence-electron chi connectivity index (χ2n) is 16.0. The predicted molar refractivity (Wildman–Crippen MR) is 233 cm³/mol. The molecule has 0 aromatic carbocycles. The summed E-state index contributed by atoms with van der Waals surface area (Å²) < 4.78 is 22.8. The van der Waals surface area contributed by atoms with Crippen LogP contribution in [-0.4, -0.2) is 108 Å². The lowest BCUT2D eigenvalue weighted by molar-refractivity contribution is -0.220. The van der Waals surface area contributed by atoms with Crippen LogP contribution in [0.1, 0.15) is 168 Å². The third-order valence-electron chi connectivity index (χ3n) is 10.6. The van der Waals surface area contributed by atoms with Gasteiger partial charge in [0, 0.05) is 0 Å². The van der Waals surface area contributed by atoms with Crippen molar-refractivity contribution in [2.75, 3.05) is 6.61 Å². The van der Waals surface area contributed by atoms with Crippen molar-refractivity contribution in [3.8, 4) is 0 Å². The van der Waals surface area contributed by atoms with Gasteiger partial charge in [0.05, 0.1) is 31.3 Å². The van der Waals surface area contributed by atoms with Crippen molar-refractivity contribution < 1.29 is 59.0 Å². The lowest BCUT2D eigenvalue weighted by Crippen LogP contribution is -2.64. The van der Waals surface area contributed by atoms with Crippen molar-refractivity contribution >= 4 is 13.7 Å². The summed E-state index contributed by atoms with van der Waals surface area (Å²) in [5.41, 5.74) is 0. The molecule has 0 aromatic rings. The van der Waals surface area contributed by atoms with Crippen LogP contribution < -0.4 is 5.32 Å². The molecule has 8 atom stereocenters. The number of hydrogen-bond acceptors (Lipinski definition) is 11. The number of phosphoric acid groups is 1. The minimum Gasteiger partial charge on any atom is -0.393 e. The largest absolute Gasteiger partial charge is 0.472 e. The van der Waals surface area contributed by atoms with Gasteiger partial charge in [-0.2, -0.15) is 0 Å². The third kappa shape index (κ3) is 27.0. The second kappa shape index (κ2) is 34.8. The van der Waals surface area contributed by atoms with E-state index in [-0.39, 0.29) is 6.42 Å². The SMILES string of the molecule is CC/C=C\C/C=C\CCCCCCCCCCCCCCC(O)CC(=O)NC(COP(=O)(O)OC1C(O)C(O)C(O)C(O)C1O)C(O)/C=C/CC/C=C/CCCCCC. The summed E-state index contributed by atoms with van der Waals surface area (Å²) in [4.78, 5) is 23.4. The Labute approximate surface area is 355 Å². The molecule has 9 N–H and O–H groups in total. The van der Waals surface area contributed by atoms with Crippen LogP contribution in [0.3, 0.4) is 0 Å². The van der Waals surface area contributed by atoms with E-state index in [1.165, 1.54) is 83.1 Å². The van der Waals surface area contributed by atoms with E-state index in [1.54, 1.807) is 6.08 Å². The molecule has 8 unspecified atom stereocenters. The summed E-state index contributed by atoms with van der Waals surface area (Å²) in [6.07, 6.45) is 26.5. The Hall–Kier alpha value is -1.74. The molecule has 0 heterocycles. The summed E-state index contributed by atoms with van der Waals surface area (Å²) in [5.74, 6) is -0.607. The van der Waals surface area contributed by atoms with Gasteiger partial charge in [0.25, 0.3) is 0 Å². The summed E-state index contributed by atoms with van der Waals surface area (Å²) in [7, 11) is -5.14. The van der Waals surface area contributed by atoms with E-state index < -0.39 is 75.2 Å². The van der Waals surface area contributed by atoms with Gasteiger partial charge in [-0.05, 0) is 57.8 Å². The molecule has 0 aliphatic heterocycles. The fraction of sp³-hybridized carbons (Fsp3) is 0.800. The van der Waals surface area contributed by atoms with Gasteiger partial charge in [-0.25, -0.2) is 4.57 Å². The Morgan fingerprint density at radius 2 is 1.10 bits per heavy atom. The zero-order valence-electron chi connectivity index (χ0n) is 36.2. The van der Waals surface area contributed by atoms with E-state index in [1.807, 2.05) is 0 Å². The zero-order chi connectivity index (χ0) is 43.7. The highest BCUT2D eigenvalue weighted by molar-refractivity contribution is 7.47. The van der Waals surface area contributed by atoms with Crippen molar-refractivity contribution in [3.63, 3.8) is 0 Å². The molecule has 0 aromatic heterocycles. The van der Waals surface area contributed by atoms with Crippen molar-refractivity contribution in [3.05, 3.63) is 48.6 Å². The van der Waals surface area contributed by atoms with E-state index in [0.29, 0.717) is 12.8 Å². The van der Waals surface area contributed by atoms with Gasteiger partial charge in [0.2, 0.25) is 5.91 Å². The lowest BCUT2D eigenvalue weighted by atomic mass is 9.85. The van der Waals surface area contributed by atoms with Gasteiger partial charge >= 0.3 is 7.82 Å². The number of aliphatic hydroxyl groups is 7. The molecule has 1 amide bonds. The van der Waals surface area contributed by atoms with E-state index >= 15 is 0 Å². The standard InChI is InChI=1S/C45H82NO12P/c1-3-5-7-9-11-13-15-16-17-18-19-20-21-22-23-24-26-28-30-32-36(47)34-39(49)46-37(38(48)33-31-29-27-25-14-12-10-8-6-4-2)35-57-59(55,56)58-45-43(53)41(51)40(50)42(52)44(45)54/h5,7,11,13-14,25,31,33,36-38,40-45,47-48,50-54H,3-4,6,8-10,12,15-24,26-30,32,34-35H2,1-2H3,(H,46,49)(H,55,56)/b7-5-,13-11-,25-14+,33-31+. The molecule has 344 valence electrons. The smallest absolute Gasteiger partial charge is 0.393 e. The zero-order valence-corrected chi connectivity index (χ0v) is 37.0. The predicted octanol–water partition coefficient (Wildman–Crippen LogP) is 7.14. The van der Waals surface area contributed by atoms with Gasteiger partial charge in [0.1, 0.15) is 36.6 Å². The first-order valence-electron chi connectivity index (χ1n) is 22.7. The van der Waals surface area contributed by atoms with Crippen LogP contribution >= 0.6 is 7.82 Å². The lowest BCUT2D eigenvalue weighted by Gasteiger charge is -2.41. The number of carbonyl (C=O) groups excluding carboxylic acids is 1. The minimum absolute atomic E-state index is 0.255. The van der Waals surface area contributed by atoms with Gasteiger partial charge in [0.15, 0.2) is 0 Å². The molecule has 13 nitrogen and oxygen atoms in total. The fourth-order valence-electron chi connectivity index (χ4n) is 6.94. The summed E-state index contributed by atoms with van der Waals surface area (Å²) in [6.45, 7) is 3.57. The van der Waals surface area contributed by atoms with E-state index in [2.05, 4.69) is 55.6 Å². The van der Waals surface area contributed by atoms with E-state index in [4.69, 9.17) is 9.05 Å². The molecule has 0 spiro atoms. The van der Waals surface area contributed by atoms with E-state index in [0.717, 1.165) is 57.8 Å². The number of carbonyl (C=O) groups is 1. The molecular formula is C45H82NO12P. The van der Waals surface area contributed by atoms with Crippen LogP contribution in [0.25, 0.3) is 0 Å². The first-order chi connectivity index (χ1) is 28.3. The topological polar surface area (TPSA) is 226 Å². The maximum Gasteiger partial charge on any atom is 0.472 e. The highest BCUT2D eigenvalue weighted by Gasteiger charge is 2.51. The normalized spacial score (nSPS) is 24.0. The number of rotatable bonds is 36. The van der Waals surface area contributed by atoms with Crippen LogP contribution in [0.5, 0.6) is 0 Å². The van der Waals surface area contributed by atoms with Gasteiger partial charge in [-0.15, -0.1) is 0 Å². The average Bonchev–Trinajstić information content (AvgIpc) is 3.21. The molecule has 1 saturated carbocycles. The number of nitrogens with one attached hydrogen (secondary N) is 1. The third-order valence-corrected chi connectivity index (χ3v) is 11.6. The van der Waals surface area contributed by atoms with Crippen molar-refractivity contribution in [2.45, 2.75) is 223 Å². The minimum atomic E-state index is -5.14. The first kappa shape index (κ1) is 55.3. The summed E-state index contributed by atoms with van der Waals surface area (Å²) in [5, 5.41) is 74.2. The molecular weight excluding hydrogens is 777 g/mol. The summed E-state index contributed by atoms with van der Waals surface area (Å²) in [6, 6.07) is -1.26. The van der Waals surface area contributed by atoms with Crippen molar-refractivity contribution in [1.82, 2.24) is 5.32 Å². The van der Waals surface area contributed by atoms with Crippen LogP contribution in [-0.2, 0) is 18.4 Å². The fourth-order valence-corrected chi connectivity index (χ4v) is 7.91. The Balaban J connectivity index is 2.49. The van der Waals surface area contributed by atoms with Gasteiger partial charge in [-0.3, -0.25) is 13.8 Å². The van der Waals surface area contributed by atoms with E-state index in [9.17, 15) is 50.0 Å². The van der Waals surface area contributed by atoms with Crippen LogP contribution in [0, 0.1) is 0 Å². The molecule has 1 fully saturated rings. The van der Waals surface area contributed by atoms with Gasteiger partial charge < -0.3 is 46.0 Å². The number of aliphatic hydroxyl groups excluding tert-OH is 7. The Kier molecular flexibility index (Phi) is 32.6. The molecule has 14 heteroatoms. The molecule has 1 aliphatic rings. The number of hydrogen-bond donors (Lipinski definition) is 9. The second-order valence-corrected chi connectivity index (χ2v) is 17.4. The van der Waals surface area contributed by atoms with Crippen LogP contribution in [0.15, 0.2) is 48.6 Å². The van der Waals surface area contributed by atoms with Gasteiger partial charge in [-0.1, -0.05) is 152 Å². The highest BCUT2D eigenvalue weighted by atomic mass is 31.2. The molecule has 1 aliphatic carbocycles. The molecule has 0 bridgehead atoms. The maximum atomic E-state index is 13.0. The Morgan fingerprint density at radius 3 is 1.68 bits per heavy atom. The maximum absolute atomic E-state index is 13.0. The first-order valence-corrected chi connectivity index (χ1v) is 24.2. The molecule has 0 radical (unpaired) electrons. The molecule has 1 rings (SSSR count). The molecule has 59 heavy (non-hydrogen) atoms. The number of allylic oxidation sites excluding steroid dienone is 7. The average molecular weight is 860 g/mol. The number of amides is 1.